The van der Waals surface area contributed by atoms with E-state index >= 15 is 0 Å². The van der Waals surface area contributed by atoms with Crippen molar-refractivity contribution in [3.63, 3.8) is 0 Å². The fourth-order valence-corrected chi connectivity index (χ4v) is 3.64. The smallest absolute Gasteiger partial charge is 0.423 e. The Morgan fingerprint density at radius 1 is 1.10 bits per heavy atom. The standard InChI is InChI=1S/C14H14BNO4S/c1-16(21(18,19)11-7-3-2-4-8-11)14-12-9-5-6-10-13(12)15(17)20-14/h2-10,14,17H,1H3. The van der Waals surface area contributed by atoms with Gasteiger partial charge in [-0.1, -0.05) is 42.5 Å². The quantitative estimate of drug-likeness (QED) is 0.849. The summed E-state index contributed by atoms with van der Waals surface area (Å²) in [5, 5.41) is 9.89. The van der Waals surface area contributed by atoms with E-state index in [1.165, 1.54) is 19.2 Å². The summed E-state index contributed by atoms with van der Waals surface area (Å²) in [5.41, 5.74) is 1.25. The van der Waals surface area contributed by atoms with Crippen LogP contribution in [0.15, 0.2) is 59.5 Å². The van der Waals surface area contributed by atoms with Gasteiger partial charge >= 0.3 is 7.12 Å². The minimum atomic E-state index is -3.69. The molecule has 0 spiro atoms. The molecule has 0 fully saturated rings. The second kappa shape index (κ2) is 5.27. The first kappa shape index (κ1) is 14.3. The number of hydrogen-bond donors (Lipinski definition) is 1. The zero-order chi connectivity index (χ0) is 15.0. The van der Waals surface area contributed by atoms with E-state index in [0.29, 0.717) is 11.0 Å². The molecule has 0 aromatic heterocycles. The van der Waals surface area contributed by atoms with Gasteiger partial charge in [-0.2, -0.15) is 4.31 Å². The van der Waals surface area contributed by atoms with Gasteiger partial charge in [-0.05, 0) is 23.2 Å². The van der Waals surface area contributed by atoms with Gasteiger partial charge < -0.3 is 9.68 Å². The molecular formula is C14H14BNO4S. The predicted molar refractivity (Wildman–Crippen MR) is 79.3 cm³/mol. The van der Waals surface area contributed by atoms with Gasteiger partial charge in [0.2, 0.25) is 10.0 Å². The maximum atomic E-state index is 12.6. The van der Waals surface area contributed by atoms with Crippen LogP contribution in [0.4, 0.5) is 0 Å². The fourth-order valence-electron chi connectivity index (χ4n) is 2.40. The van der Waals surface area contributed by atoms with E-state index in [2.05, 4.69) is 0 Å². The van der Waals surface area contributed by atoms with E-state index in [9.17, 15) is 13.4 Å². The lowest BCUT2D eigenvalue weighted by atomic mass is 9.79. The maximum Gasteiger partial charge on any atom is 0.493 e. The molecule has 0 radical (unpaired) electrons. The predicted octanol–water partition coefficient (Wildman–Crippen LogP) is 0.724. The summed E-state index contributed by atoms with van der Waals surface area (Å²) in [6, 6.07) is 15.2. The van der Waals surface area contributed by atoms with E-state index < -0.39 is 23.4 Å². The molecule has 21 heavy (non-hydrogen) atoms. The largest absolute Gasteiger partial charge is 0.493 e. The monoisotopic (exact) mass is 303 g/mol. The van der Waals surface area contributed by atoms with E-state index in [-0.39, 0.29) is 4.90 Å². The molecule has 1 N–H and O–H groups in total. The van der Waals surface area contributed by atoms with Gasteiger partial charge in [0.25, 0.3) is 0 Å². The lowest BCUT2D eigenvalue weighted by molar-refractivity contribution is 0.0974. The molecule has 0 saturated heterocycles. The summed E-state index contributed by atoms with van der Waals surface area (Å²) in [6.45, 7) is 0. The highest BCUT2D eigenvalue weighted by atomic mass is 32.2. The molecule has 0 bridgehead atoms. The summed E-state index contributed by atoms with van der Waals surface area (Å²) in [4.78, 5) is 0.190. The number of rotatable bonds is 3. The van der Waals surface area contributed by atoms with Gasteiger partial charge in [-0.25, -0.2) is 8.42 Å². The average molecular weight is 303 g/mol. The van der Waals surface area contributed by atoms with Crippen LogP contribution in [0, 0.1) is 0 Å². The van der Waals surface area contributed by atoms with Crippen molar-refractivity contribution in [1.82, 2.24) is 4.31 Å². The topological polar surface area (TPSA) is 66.8 Å². The summed E-state index contributed by atoms with van der Waals surface area (Å²) < 4.78 is 31.7. The van der Waals surface area contributed by atoms with Crippen molar-refractivity contribution < 1.29 is 18.1 Å². The Kier molecular flexibility index (Phi) is 3.58. The summed E-state index contributed by atoms with van der Waals surface area (Å²) in [6.07, 6.45) is -0.832. The molecule has 0 aliphatic carbocycles. The normalized spacial score (nSPS) is 18.0. The van der Waals surface area contributed by atoms with Crippen molar-refractivity contribution in [2.75, 3.05) is 7.05 Å². The summed E-state index contributed by atoms with van der Waals surface area (Å²) >= 11 is 0. The molecule has 108 valence electrons. The Hall–Kier alpha value is -1.67. The van der Waals surface area contributed by atoms with Gasteiger partial charge in [0.05, 0.1) is 4.90 Å². The van der Waals surface area contributed by atoms with E-state index in [0.717, 1.165) is 4.31 Å². The summed E-state index contributed by atoms with van der Waals surface area (Å²) in [7, 11) is -3.36. The molecule has 1 unspecified atom stereocenters. The van der Waals surface area contributed by atoms with Crippen molar-refractivity contribution in [2.45, 2.75) is 11.1 Å². The van der Waals surface area contributed by atoms with Crippen LogP contribution >= 0.6 is 0 Å². The van der Waals surface area contributed by atoms with Gasteiger partial charge in [0.15, 0.2) is 0 Å². The highest BCUT2D eigenvalue weighted by Crippen LogP contribution is 2.30. The minimum Gasteiger partial charge on any atom is -0.423 e. The molecular weight excluding hydrogens is 289 g/mol. The van der Waals surface area contributed by atoms with Crippen LogP contribution in [-0.4, -0.2) is 31.9 Å². The Bertz CT molecular complexity index is 751. The SMILES string of the molecule is CN(C1OB(O)c2ccccc21)S(=O)(=O)c1ccccc1. The van der Waals surface area contributed by atoms with Crippen molar-refractivity contribution in [3.05, 3.63) is 60.2 Å². The molecule has 7 heteroatoms. The molecule has 0 saturated carbocycles. The average Bonchev–Trinajstić information content (AvgIpc) is 2.85. The van der Waals surface area contributed by atoms with Crippen LogP contribution in [0.3, 0.4) is 0 Å². The third-order valence-corrected chi connectivity index (χ3v) is 5.35. The molecule has 1 aliphatic heterocycles. The fraction of sp³-hybridized carbons (Fsp3) is 0.143. The molecule has 1 atom stereocenters. The Morgan fingerprint density at radius 3 is 2.43 bits per heavy atom. The van der Waals surface area contributed by atoms with E-state index in [1.54, 1.807) is 42.5 Å². The zero-order valence-corrected chi connectivity index (χ0v) is 12.2. The van der Waals surface area contributed by atoms with Crippen LogP contribution in [0.5, 0.6) is 0 Å². The Balaban J connectivity index is 1.99. The summed E-state index contributed by atoms with van der Waals surface area (Å²) in [5.74, 6) is 0. The number of hydrogen-bond acceptors (Lipinski definition) is 4. The Labute approximate surface area is 124 Å². The van der Waals surface area contributed by atoms with Crippen molar-refractivity contribution in [3.8, 4) is 0 Å². The number of benzene rings is 2. The third-order valence-electron chi connectivity index (χ3n) is 3.54. The second-order valence-electron chi connectivity index (χ2n) is 4.80. The lowest BCUT2D eigenvalue weighted by Crippen LogP contribution is -2.32. The van der Waals surface area contributed by atoms with Crippen LogP contribution in [0.1, 0.15) is 11.8 Å². The molecule has 2 aromatic carbocycles. The first-order chi connectivity index (χ1) is 10.0. The molecule has 5 nitrogen and oxygen atoms in total. The van der Waals surface area contributed by atoms with Crippen molar-refractivity contribution in [2.24, 2.45) is 0 Å². The minimum absolute atomic E-state index is 0.190. The van der Waals surface area contributed by atoms with Crippen molar-refractivity contribution >= 4 is 22.6 Å². The van der Waals surface area contributed by atoms with Crippen LogP contribution in [0.25, 0.3) is 0 Å². The van der Waals surface area contributed by atoms with Gasteiger partial charge in [-0.3, -0.25) is 0 Å². The van der Waals surface area contributed by atoms with Gasteiger partial charge in [0.1, 0.15) is 6.23 Å². The maximum absolute atomic E-state index is 12.6. The molecule has 1 aliphatic rings. The van der Waals surface area contributed by atoms with Gasteiger partial charge in [-0.15, -0.1) is 0 Å². The number of nitrogens with zero attached hydrogens (tertiary/aromatic N) is 1. The molecule has 1 heterocycles. The molecule has 2 aromatic rings. The highest BCUT2D eigenvalue weighted by molar-refractivity contribution is 7.89. The first-order valence-electron chi connectivity index (χ1n) is 6.47. The number of sulfonamides is 1. The third kappa shape index (κ3) is 2.38. The van der Waals surface area contributed by atoms with Crippen LogP contribution < -0.4 is 5.46 Å². The van der Waals surface area contributed by atoms with E-state index in [4.69, 9.17) is 4.65 Å². The first-order valence-corrected chi connectivity index (χ1v) is 7.91. The second-order valence-corrected chi connectivity index (χ2v) is 6.80. The molecule has 0 amide bonds. The van der Waals surface area contributed by atoms with Crippen LogP contribution in [0.2, 0.25) is 0 Å². The van der Waals surface area contributed by atoms with Crippen molar-refractivity contribution in [1.29, 1.82) is 0 Å². The highest BCUT2D eigenvalue weighted by Gasteiger charge is 2.40. The lowest BCUT2D eigenvalue weighted by Gasteiger charge is -2.24. The van der Waals surface area contributed by atoms with Gasteiger partial charge in [0, 0.05) is 7.05 Å². The zero-order valence-electron chi connectivity index (χ0n) is 11.4. The van der Waals surface area contributed by atoms with E-state index in [1.807, 2.05) is 0 Å². The molecule has 3 rings (SSSR count). The van der Waals surface area contributed by atoms with Crippen LogP contribution in [-0.2, 0) is 14.7 Å². The Morgan fingerprint density at radius 2 is 1.71 bits per heavy atom. The number of fused-ring (bicyclic) bond motifs is 1.